The number of nitrogens with two attached hydrogens (primary N) is 1. The number of para-hydroxylation sites is 1. The van der Waals surface area contributed by atoms with Crippen LogP contribution in [-0.2, 0) is 6.18 Å². The first-order chi connectivity index (χ1) is 9.93. The quantitative estimate of drug-likeness (QED) is 0.627. The highest BCUT2D eigenvalue weighted by molar-refractivity contribution is 5.81. The Balaban J connectivity index is 1.99. The van der Waals surface area contributed by atoms with Gasteiger partial charge in [0.25, 0.3) is 0 Å². The summed E-state index contributed by atoms with van der Waals surface area (Å²) >= 11 is 0. The lowest BCUT2D eigenvalue weighted by Crippen LogP contribution is -2.08. The van der Waals surface area contributed by atoms with Gasteiger partial charge in [0.15, 0.2) is 0 Å². The maximum atomic E-state index is 12.9. The van der Waals surface area contributed by atoms with Crippen molar-refractivity contribution in [1.82, 2.24) is 9.97 Å². The molecule has 1 aromatic heterocycles. The number of nitrogens with one attached hydrogen (secondary N) is 2. The number of fused-ring (bicyclic) bond motifs is 1. The second kappa shape index (κ2) is 4.69. The van der Waals surface area contributed by atoms with Crippen LogP contribution in [0.5, 0.6) is 0 Å². The number of H-pyrrole nitrogens is 1. The van der Waals surface area contributed by atoms with Crippen LogP contribution in [0.25, 0.3) is 11.0 Å². The number of imidazole rings is 1. The number of benzene rings is 2. The van der Waals surface area contributed by atoms with E-state index < -0.39 is 11.7 Å². The number of nitrogen functional groups attached to an aromatic ring is 1. The Bertz CT molecular complexity index is 792. The number of nitrogens with zero attached hydrogens (tertiary/aromatic N) is 1. The monoisotopic (exact) mass is 292 g/mol. The summed E-state index contributed by atoms with van der Waals surface area (Å²) in [6, 6.07) is 10.3. The van der Waals surface area contributed by atoms with Crippen LogP contribution >= 0.6 is 0 Å². The standard InChI is InChI=1S/C14H11F3N4/c15-14(16,17)9-3-1-2-4-10(9)19-13-20-11-6-5-8(18)7-12(11)21-13/h1-7H,18H2,(H2,19,20,21). The number of alkyl halides is 3. The first-order valence-electron chi connectivity index (χ1n) is 6.12. The van der Waals surface area contributed by atoms with Crippen molar-refractivity contribution in [1.29, 1.82) is 0 Å². The summed E-state index contributed by atoms with van der Waals surface area (Å²) in [5, 5.41) is 2.66. The lowest BCUT2D eigenvalue weighted by atomic mass is 10.1. The van der Waals surface area contributed by atoms with Crippen LogP contribution in [0.1, 0.15) is 5.56 Å². The van der Waals surface area contributed by atoms with E-state index in [1.807, 2.05) is 0 Å². The number of aromatic amines is 1. The molecule has 4 nitrogen and oxygen atoms in total. The molecule has 0 amide bonds. The van der Waals surface area contributed by atoms with Crippen LogP contribution in [0.3, 0.4) is 0 Å². The molecule has 0 bridgehead atoms. The molecule has 4 N–H and O–H groups in total. The van der Waals surface area contributed by atoms with Crippen molar-refractivity contribution in [2.24, 2.45) is 0 Å². The van der Waals surface area contributed by atoms with Crippen LogP contribution in [0.2, 0.25) is 0 Å². The largest absolute Gasteiger partial charge is 0.418 e. The zero-order valence-electron chi connectivity index (χ0n) is 10.7. The Morgan fingerprint density at radius 3 is 2.62 bits per heavy atom. The van der Waals surface area contributed by atoms with Gasteiger partial charge in [-0.2, -0.15) is 13.2 Å². The van der Waals surface area contributed by atoms with E-state index in [2.05, 4.69) is 15.3 Å². The molecule has 108 valence electrons. The Kier molecular flexibility index (Phi) is 2.97. The summed E-state index contributed by atoms with van der Waals surface area (Å²) in [5.74, 6) is 0.229. The molecule has 0 radical (unpaired) electrons. The predicted octanol–water partition coefficient (Wildman–Crippen LogP) is 3.91. The number of rotatable bonds is 2. The number of anilines is 3. The fourth-order valence-electron chi connectivity index (χ4n) is 2.05. The lowest BCUT2D eigenvalue weighted by molar-refractivity contribution is -0.136. The van der Waals surface area contributed by atoms with Crippen LogP contribution in [0, 0.1) is 0 Å². The van der Waals surface area contributed by atoms with E-state index in [-0.39, 0.29) is 11.6 Å². The molecule has 1 heterocycles. The van der Waals surface area contributed by atoms with E-state index in [0.29, 0.717) is 16.7 Å². The zero-order chi connectivity index (χ0) is 15.0. The molecule has 0 aliphatic carbocycles. The number of hydrogen-bond donors (Lipinski definition) is 3. The SMILES string of the molecule is Nc1ccc2nc(Nc3ccccc3C(F)(F)F)[nH]c2c1. The average Bonchev–Trinajstić information content (AvgIpc) is 2.79. The van der Waals surface area contributed by atoms with E-state index in [0.717, 1.165) is 6.07 Å². The van der Waals surface area contributed by atoms with E-state index in [1.165, 1.54) is 18.2 Å². The van der Waals surface area contributed by atoms with Gasteiger partial charge in [0.2, 0.25) is 5.95 Å². The zero-order valence-corrected chi connectivity index (χ0v) is 10.7. The van der Waals surface area contributed by atoms with Crippen molar-refractivity contribution in [3.63, 3.8) is 0 Å². The van der Waals surface area contributed by atoms with Gasteiger partial charge in [0, 0.05) is 5.69 Å². The van der Waals surface area contributed by atoms with Crippen LogP contribution in [0.4, 0.5) is 30.5 Å². The molecule has 0 spiro atoms. The molecule has 21 heavy (non-hydrogen) atoms. The molecule has 0 atom stereocenters. The molecule has 0 aliphatic rings. The van der Waals surface area contributed by atoms with Gasteiger partial charge < -0.3 is 16.0 Å². The number of aromatic nitrogens is 2. The van der Waals surface area contributed by atoms with Gasteiger partial charge in [-0.05, 0) is 30.3 Å². The summed E-state index contributed by atoms with van der Waals surface area (Å²) in [6.45, 7) is 0. The molecule has 2 aromatic carbocycles. The van der Waals surface area contributed by atoms with Crippen LogP contribution < -0.4 is 11.1 Å². The molecule has 0 aliphatic heterocycles. The Hall–Kier alpha value is -2.70. The van der Waals surface area contributed by atoms with Gasteiger partial charge in [-0.25, -0.2) is 4.98 Å². The Morgan fingerprint density at radius 2 is 1.86 bits per heavy atom. The third-order valence-corrected chi connectivity index (χ3v) is 2.99. The van der Waals surface area contributed by atoms with Crippen molar-refractivity contribution < 1.29 is 13.2 Å². The van der Waals surface area contributed by atoms with Crippen molar-refractivity contribution in [3.8, 4) is 0 Å². The highest BCUT2D eigenvalue weighted by Crippen LogP contribution is 2.35. The molecule has 3 rings (SSSR count). The van der Waals surface area contributed by atoms with E-state index in [1.54, 1.807) is 18.2 Å². The number of hydrogen-bond acceptors (Lipinski definition) is 3. The van der Waals surface area contributed by atoms with Gasteiger partial charge in [-0.3, -0.25) is 0 Å². The molecule has 3 aromatic rings. The maximum absolute atomic E-state index is 12.9. The fraction of sp³-hybridized carbons (Fsp3) is 0.0714. The Morgan fingerprint density at radius 1 is 1.10 bits per heavy atom. The first-order valence-corrected chi connectivity index (χ1v) is 6.12. The highest BCUT2D eigenvalue weighted by atomic mass is 19.4. The lowest BCUT2D eigenvalue weighted by Gasteiger charge is -2.12. The summed E-state index contributed by atoms with van der Waals surface area (Å²) in [6.07, 6.45) is -4.43. The van der Waals surface area contributed by atoms with E-state index in [4.69, 9.17) is 5.73 Å². The summed E-state index contributed by atoms with van der Waals surface area (Å²) < 4.78 is 38.8. The smallest absolute Gasteiger partial charge is 0.399 e. The average molecular weight is 292 g/mol. The highest BCUT2D eigenvalue weighted by Gasteiger charge is 2.33. The van der Waals surface area contributed by atoms with Crippen molar-refractivity contribution in [2.45, 2.75) is 6.18 Å². The molecule has 0 saturated carbocycles. The minimum atomic E-state index is -4.43. The minimum Gasteiger partial charge on any atom is -0.399 e. The summed E-state index contributed by atoms with van der Waals surface area (Å²) in [5.41, 5.74) is 6.67. The predicted molar refractivity (Wildman–Crippen MR) is 75.2 cm³/mol. The van der Waals surface area contributed by atoms with E-state index in [9.17, 15) is 13.2 Å². The number of halogens is 3. The van der Waals surface area contributed by atoms with Gasteiger partial charge in [-0.1, -0.05) is 12.1 Å². The normalized spacial score (nSPS) is 11.8. The third-order valence-electron chi connectivity index (χ3n) is 2.99. The van der Waals surface area contributed by atoms with Gasteiger partial charge >= 0.3 is 6.18 Å². The van der Waals surface area contributed by atoms with E-state index >= 15 is 0 Å². The van der Waals surface area contributed by atoms with Gasteiger partial charge in [0.1, 0.15) is 0 Å². The van der Waals surface area contributed by atoms with Crippen molar-refractivity contribution in [3.05, 3.63) is 48.0 Å². The molecular weight excluding hydrogens is 281 g/mol. The molecule has 0 unspecified atom stereocenters. The minimum absolute atomic E-state index is 0.0583. The molecule has 0 saturated heterocycles. The van der Waals surface area contributed by atoms with Crippen molar-refractivity contribution in [2.75, 3.05) is 11.1 Å². The first kappa shape index (κ1) is 13.3. The second-order valence-electron chi connectivity index (χ2n) is 4.53. The van der Waals surface area contributed by atoms with Crippen molar-refractivity contribution >= 4 is 28.4 Å². The molecule has 0 fully saturated rings. The topological polar surface area (TPSA) is 66.7 Å². The van der Waals surface area contributed by atoms with Crippen LogP contribution in [0.15, 0.2) is 42.5 Å². The Labute approximate surface area is 117 Å². The van der Waals surface area contributed by atoms with Gasteiger partial charge in [0.05, 0.1) is 22.3 Å². The van der Waals surface area contributed by atoms with Crippen LogP contribution in [-0.4, -0.2) is 9.97 Å². The third kappa shape index (κ3) is 2.62. The second-order valence-corrected chi connectivity index (χ2v) is 4.53. The fourth-order valence-corrected chi connectivity index (χ4v) is 2.05. The maximum Gasteiger partial charge on any atom is 0.418 e. The molecule has 7 heteroatoms. The van der Waals surface area contributed by atoms with Gasteiger partial charge in [-0.15, -0.1) is 0 Å². The molecular formula is C14H11F3N4. The summed E-state index contributed by atoms with van der Waals surface area (Å²) in [7, 11) is 0. The summed E-state index contributed by atoms with van der Waals surface area (Å²) in [4.78, 5) is 7.08.